The van der Waals surface area contributed by atoms with Crippen LogP contribution in [0.15, 0.2) is 24.3 Å². The lowest BCUT2D eigenvalue weighted by molar-refractivity contribution is -0.139. The van der Waals surface area contributed by atoms with Gasteiger partial charge in [0.05, 0.1) is 6.42 Å². The molecule has 0 saturated heterocycles. The van der Waals surface area contributed by atoms with Crippen molar-refractivity contribution < 1.29 is 19.4 Å². The van der Waals surface area contributed by atoms with E-state index in [2.05, 4.69) is 0 Å². The molecule has 1 aliphatic heterocycles. The lowest BCUT2D eigenvalue weighted by atomic mass is 9.99. The number of rotatable bonds is 5. The number of carbonyl (C=O) groups is 2. The van der Waals surface area contributed by atoms with Crippen LogP contribution >= 0.6 is 0 Å². The maximum atomic E-state index is 12.7. The van der Waals surface area contributed by atoms with Crippen LogP contribution in [0.4, 0.5) is 0 Å². The number of para-hydroxylation sites is 1. The number of ether oxygens (including phenoxy) is 1. The summed E-state index contributed by atoms with van der Waals surface area (Å²) in [5.74, 6) is -0.398. The van der Waals surface area contributed by atoms with E-state index < -0.39 is 5.97 Å². The molecule has 0 radical (unpaired) electrons. The average molecular weight is 275 g/mol. The second kappa shape index (κ2) is 5.15. The molecule has 5 nitrogen and oxygen atoms in total. The molecule has 1 heterocycles. The van der Waals surface area contributed by atoms with Crippen molar-refractivity contribution >= 4 is 11.9 Å². The number of fused-ring (bicyclic) bond motifs is 1. The zero-order chi connectivity index (χ0) is 14.1. The van der Waals surface area contributed by atoms with Crippen molar-refractivity contribution in [2.75, 3.05) is 13.2 Å². The van der Waals surface area contributed by atoms with E-state index >= 15 is 0 Å². The maximum absolute atomic E-state index is 12.7. The summed E-state index contributed by atoms with van der Waals surface area (Å²) in [4.78, 5) is 25.1. The summed E-state index contributed by atoms with van der Waals surface area (Å²) in [5, 5.41) is 8.81. The molecule has 0 aromatic heterocycles. The molecular formula is C15H17NO4. The minimum absolute atomic E-state index is 0.00120. The largest absolute Gasteiger partial charge is 0.492 e. The lowest BCUT2D eigenvalue weighted by Gasteiger charge is -2.24. The molecule has 0 bridgehead atoms. The minimum atomic E-state index is -0.869. The van der Waals surface area contributed by atoms with Gasteiger partial charge in [-0.2, -0.15) is 0 Å². The standard InChI is InChI=1S/C15H17NO4/c17-14(18)7-8-16(10-5-6-10)15(19)12-9-20-13-4-2-1-3-11(12)13/h1-4,10,12H,5-9H2,(H,17,18). The molecule has 0 spiro atoms. The Labute approximate surface area is 117 Å². The molecule has 1 fully saturated rings. The van der Waals surface area contributed by atoms with Crippen molar-refractivity contribution in [2.24, 2.45) is 0 Å². The number of hydrogen-bond donors (Lipinski definition) is 1. The maximum Gasteiger partial charge on any atom is 0.305 e. The molecule has 3 rings (SSSR count). The van der Waals surface area contributed by atoms with Gasteiger partial charge < -0.3 is 14.7 Å². The van der Waals surface area contributed by atoms with E-state index in [1.54, 1.807) is 4.90 Å². The predicted octanol–water partition coefficient (Wildman–Crippen LogP) is 1.63. The van der Waals surface area contributed by atoms with Crippen LogP contribution < -0.4 is 4.74 Å². The monoisotopic (exact) mass is 275 g/mol. The quantitative estimate of drug-likeness (QED) is 0.887. The summed E-state index contributed by atoms with van der Waals surface area (Å²) in [7, 11) is 0. The highest BCUT2D eigenvalue weighted by atomic mass is 16.5. The summed E-state index contributed by atoms with van der Waals surface area (Å²) in [6, 6.07) is 7.77. The van der Waals surface area contributed by atoms with Gasteiger partial charge in [0.15, 0.2) is 0 Å². The zero-order valence-corrected chi connectivity index (χ0v) is 11.1. The average Bonchev–Trinajstić information content (AvgIpc) is 3.17. The Morgan fingerprint density at radius 1 is 1.30 bits per heavy atom. The molecule has 106 valence electrons. The van der Waals surface area contributed by atoms with E-state index in [1.165, 1.54) is 0 Å². The lowest BCUT2D eigenvalue weighted by Crippen LogP contribution is -2.38. The third-order valence-corrected chi connectivity index (χ3v) is 3.84. The van der Waals surface area contributed by atoms with Gasteiger partial charge in [0.25, 0.3) is 0 Å². The Bertz CT molecular complexity index is 538. The first-order valence-electron chi connectivity index (χ1n) is 6.91. The number of aliphatic carboxylic acids is 1. The molecule has 5 heteroatoms. The second-order valence-electron chi connectivity index (χ2n) is 5.31. The topological polar surface area (TPSA) is 66.8 Å². The summed E-state index contributed by atoms with van der Waals surface area (Å²) in [5.41, 5.74) is 0.915. The summed E-state index contributed by atoms with van der Waals surface area (Å²) >= 11 is 0. The van der Waals surface area contributed by atoms with E-state index in [-0.39, 0.29) is 30.8 Å². The van der Waals surface area contributed by atoms with Crippen molar-refractivity contribution in [3.8, 4) is 5.75 Å². The van der Waals surface area contributed by atoms with Crippen molar-refractivity contribution in [2.45, 2.75) is 31.2 Å². The van der Waals surface area contributed by atoms with Gasteiger partial charge >= 0.3 is 5.97 Å². The first-order valence-corrected chi connectivity index (χ1v) is 6.91. The van der Waals surface area contributed by atoms with Crippen LogP contribution in [0.1, 0.15) is 30.7 Å². The van der Waals surface area contributed by atoms with Crippen LogP contribution in [-0.4, -0.2) is 41.1 Å². The zero-order valence-electron chi connectivity index (χ0n) is 11.1. The summed E-state index contributed by atoms with van der Waals surface area (Å²) in [6.07, 6.45) is 1.94. The fraction of sp³-hybridized carbons (Fsp3) is 0.467. The van der Waals surface area contributed by atoms with Crippen LogP contribution in [0, 0.1) is 0 Å². The van der Waals surface area contributed by atoms with Crippen molar-refractivity contribution in [3.63, 3.8) is 0 Å². The first-order chi connectivity index (χ1) is 9.66. The van der Waals surface area contributed by atoms with E-state index in [0.29, 0.717) is 6.61 Å². The molecule has 1 unspecified atom stereocenters. The van der Waals surface area contributed by atoms with Gasteiger partial charge in [0.2, 0.25) is 5.91 Å². The van der Waals surface area contributed by atoms with Gasteiger partial charge in [-0.05, 0) is 18.9 Å². The predicted molar refractivity (Wildman–Crippen MR) is 71.7 cm³/mol. The fourth-order valence-electron chi connectivity index (χ4n) is 2.64. The number of benzene rings is 1. The Morgan fingerprint density at radius 2 is 2.05 bits per heavy atom. The van der Waals surface area contributed by atoms with Gasteiger partial charge in [-0.25, -0.2) is 0 Å². The summed E-state index contributed by atoms with van der Waals surface area (Å²) in [6.45, 7) is 0.645. The van der Waals surface area contributed by atoms with Crippen LogP contribution in [-0.2, 0) is 9.59 Å². The Kier molecular flexibility index (Phi) is 3.34. The molecular weight excluding hydrogens is 258 g/mol. The van der Waals surface area contributed by atoms with Crippen molar-refractivity contribution in [3.05, 3.63) is 29.8 Å². The molecule has 1 aromatic rings. The second-order valence-corrected chi connectivity index (χ2v) is 5.31. The molecule has 1 N–H and O–H groups in total. The number of carboxylic acids is 1. The Hall–Kier alpha value is -2.04. The third-order valence-electron chi connectivity index (χ3n) is 3.84. The fourth-order valence-corrected chi connectivity index (χ4v) is 2.64. The number of nitrogens with zero attached hydrogens (tertiary/aromatic N) is 1. The highest BCUT2D eigenvalue weighted by molar-refractivity contribution is 5.86. The van der Waals surface area contributed by atoms with Crippen LogP contribution in [0.5, 0.6) is 5.75 Å². The van der Waals surface area contributed by atoms with Crippen LogP contribution in [0.25, 0.3) is 0 Å². The first kappa shape index (κ1) is 13.0. The molecule has 20 heavy (non-hydrogen) atoms. The molecule has 1 atom stereocenters. The molecule has 1 aromatic carbocycles. The highest BCUT2D eigenvalue weighted by Gasteiger charge is 2.39. The highest BCUT2D eigenvalue weighted by Crippen LogP contribution is 2.37. The molecule has 1 aliphatic carbocycles. The van der Waals surface area contributed by atoms with Gasteiger partial charge in [0.1, 0.15) is 18.3 Å². The molecule has 2 aliphatic rings. The normalized spacial score (nSPS) is 20.1. The van der Waals surface area contributed by atoms with Gasteiger partial charge in [0, 0.05) is 18.2 Å². The van der Waals surface area contributed by atoms with Crippen molar-refractivity contribution in [1.82, 2.24) is 4.90 Å². The Morgan fingerprint density at radius 3 is 2.75 bits per heavy atom. The SMILES string of the molecule is O=C(O)CCN(C(=O)C1COc2ccccc21)C1CC1. The Balaban J connectivity index is 1.75. The van der Waals surface area contributed by atoms with E-state index in [0.717, 1.165) is 24.2 Å². The number of amides is 1. The number of carboxylic acid groups (broad SMARTS) is 1. The smallest absolute Gasteiger partial charge is 0.305 e. The summed E-state index contributed by atoms with van der Waals surface area (Å²) < 4.78 is 5.54. The van der Waals surface area contributed by atoms with E-state index in [1.807, 2.05) is 24.3 Å². The van der Waals surface area contributed by atoms with Gasteiger partial charge in [-0.15, -0.1) is 0 Å². The minimum Gasteiger partial charge on any atom is -0.492 e. The third kappa shape index (κ3) is 2.48. The van der Waals surface area contributed by atoms with Crippen molar-refractivity contribution in [1.29, 1.82) is 0 Å². The number of carbonyl (C=O) groups excluding carboxylic acids is 1. The van der Waals surface area contributed by atoms with Gasteiger partial charge in [-0.1, -0.05) is 18.2 Å². The molecule has 1 saturated carbocycles. The van der Waals surface area contributed by atoms with Gasteiger partial charge in [-0.3, -0.25) is 9.59 Å². The van der Waals surface area contributed by atoms with Crippen LogP contribution in [0.2, 0.25) is 0 Å². The van der Waals surface area contributed by atoms with E-state index in [9.17, 15) is 9.59 Å². The molecule has 1 amide bonds. The van der Waals surface area contributed by atoms with E-state index in [4.69, 9.17) is 9.84 Å². The number of hydrogen-bond acceptors (Lipinski definition) is 3. The van der Waals surface area contributed by atoms with Crippen LogP contribution in [0.3, 0.4) is 0 Å².